The third kappa shape index (κ3) is 3.19. The van der Waals surface area contributed by atoms with E-state index in [0.717, 1.165) is 34.0 Å². The van der Waals surface area contributed by atoms with Crippen LogP contribution in [0.2, 0.25) is 0 Å². The van der Waals surface area contributed by atoms with Crippen LogP contribution in [0.25, 0.3) is 0 Å². The average Bonchev–Trinajstić information content (AvgIpc) is 2.35. The predicted octanol–water partition coefficient (Wildman–Crippen LogP) is 3.44. The number of nitrogen functional groups attached to an aromatic ring is 1. The minimum atomic E-state index is 0.106. The summed E-state index contributed by atoms with van der Waals surface area (Å²) >= 11 is 1.78. The molecule has 2 rings (SSSR count). The van der Waals surface area contributed by atoms with Gasteiger partial charge in [0.2, 0.25) is 5.91 Å². The molecule has 0 saturated heterocycles. The molecule has 18 heavy (non-hydrogen) atoms. The van der Waals surface area contributed by atoms with E-state index in [9.17, 15) is 4.79 Å². The molecule has 0 atom stereocenters. The fourth-order valence-corrected chi connectivity index (χ4v) is 3.08. The highest BCUT2D eigenvalue weighted by Gasteiger charge is 2.16. The second-order valence-corrected chi connectivity index (χ2v) is 5.79. The van der Waals surface area contributed by atoms with E-state index in [1.165, 1.54) is 19.3 Å². The first-order valence-electron chi connectivity index (χ1n) is 6.55. The Morgan fingerprint density at radius 2 is 2.17 bits per heavy atom. The van der Waals surface area contributed by atoms with E-state index in [4.69, 9.17) is 5.73 Å². The van der Waals surface area contributed by atoms with Gasteiger partial charge in [-0.05, 0) is 36.3 Å². The van der Waals surface area contributed by atoms with Crippen LogP contribution in [0.4, 0.5) is 11.4 Å². The number of nitrogens with two attached hydrogens (primary N) is 1. The van der Waals surface area contributed by atoms with Crippen LogP contribution in [0, 0.1) is 0 Å². The molecule has 1 aliphatic rings. The zero-order valence-corrected chi connectivity index (χ0v) is 11.6. The van der Waals surface area contributed by atoms with Gasteiger partial charge in [0.15, 0.2) is 0 Å². The minimum Gasteiger partial charge on any atom is -0.398 e. The van der Waals surface area contributed by atoms with Crippen molar-refractivity contribution in [2.45, 2.75) is 43.9 Å². The van der Waals surface area contributed by atoms with Crippen LogP contribution in [-0.4, -0.2) is 11.7 Å². The summed E-state index contributed by atoms with van der Waals surface area (Å²) in [7, 11) is 0. The van der Waals surface area contributed by atoms with Gasteiger partial charge in [-0.3, -0.25) is 4.79 Å². The van der Waals surface area contributed by atoms with Crippen molar-refractivity contribution in [3.63, 3.8) is 0 Å². The highest BCUT2D eigenvalue weighted by atomic mass is 32.2. The number of nitrogens with one attached hydrogen (secondary N) is 1. The topological polar surface area (TPSA) is 55.1 Å². The Kier molecular flexibility index (Phi) is 4.53. The summed E-state index contributed by atoms with van der Waals surface area (Å²) in [6, 6.07) is 4.04. The van der Waals surface area contributed by atoms with Gasteiger partial charge < -0.3 is 11.1 Å². The van der Waals surface area contributed by atoms with Crippen LogP contribution < -0.4 is 11.1 Å². The Morgan fingerprint density at radius 3 is 2.94 bits per heavy atom. The van der Waals surface area contributed by atoms with Gasteiger partial charge >= 0.3 is 0 Å². The van der Waals surface area contributed by atoms with E-state index in [-0.39, 0.29) is 5.91 Å². The number of hydrogen-bond donors (Lipinski definition) is 2. The molecule has 1 aromatic carbocycles. The van der Waals surface area contributed by atoms with Crippen molar-refractivity contribution in [3.8, 4) is 0 Å². The van der Waals surface area contributed by atoms with Crippen LogP contribution in [-0.2, 0) is 11.2 Å². The second kappa shape index (κ2) is 6.14. The maximum Gasteiger partial charge on any atom is 0.224 e. The van der Waals surface area contributed by atoms with Gasteiger partial charge in [0.05, 0.1) is 0 Å². The summed E-state index contributed by atoms with van der Waals surface area (Å²) in [5.74, 6) is 1.19. The molecule has 0 aromatic heterocycles. The highest BCUT2D eigenvalue weighted by Crippen LogP contribution is 2.34. The summed E-state index contributed by atoms with van der Waals surface area (Å²) in [6.07, 6.45) is 5.07. The molecule has 0 radical (unpaired) electrons. The molecule has 1 heterocycles. The van der Waals surface area contributed by atoms with Crippen molar-refractivity contribution < 1.29 is 4.79 Å². The summed E-state index contributed by atoms with van der Waals surface area (Å²) in [5.41, 5.74) is 9.00. The van der Waals surface area contributed by atoms with Crippen molar-refractivity contribution in [1.82, 2.24) is 0 Å². The lowest BCUT2D eigenvalue weighted by molar-refractivity contribution is -0.116. The Bertz CT molecular complexity index is 446. The summed E-state index contributed by atoms with van der Waals surface area (Å²) in [4.78, 5) is 12.5. The van der Waals surface area contributed by atoms with Gasteiger partial charge in [-0.2, -0.15) is 0 Å². The third-order valence-electron chi connectivity index (χ3n) is 3.14. The number of anilines is 2. The monoisotopic (exact) mass is 264 g/mol. The zero-order valence-electron chi connectivity index (χ0n) is 10.8. The van der Waals surface area contributed by atoms with Crippen LogP contribution in [0.15, 0.2) is 17.0 Å². The van der Waals surface area contributed by atoms with Crippen molar-refractivity contribution in [1.29, 1.82) is 0 Å². The molecule has 0 spiro atoms. The Balaban J connectivity index is 2.06. The van der Waals surface area contributed by atoms with Crippen molar-refractivity contribution in [2.24, 2.45) is 0 Å². The smallest absolute Gasteiger partial charge is 0.224 e. The average molecular weight is 264 g/mol. The predicted molar refractivity (Wildman–Crippen MR) is 78.1 cm³/mol. The molecule has 4 heteroatoms. The molecular weight excluding hydrogens is 244 g/mol. The standard InChI is InChI=1S/C14H20N2OS/c1-2-3-4-7-18-13-9-12-10(8-11(13)15)5-6-14(17)16-12/h8-9H,2-7,15H2,1H3,(H,16,17). The van der Waals surface area contributed by atoms with E-state index >= 15 is 0 Å². The number of fused-ring (bicyclic) bond motifs is 1. The molecule has 0 aliphatic carbocycles. The summed E-state index contributed by atoms with van der Waals surface area (Å²) in [5, 5.41) is 2.92. The van der Waals surface area contributed by atoms with E-state index in [1.54, 1.807) is 11.8 Å². The number of benzene rings is 1. The maximum absolute atomic E-state index is 11.4. The molecule has 3 N–H and O–H groups in total. The highest BCUT2D eigenvalue weighted by molar-refractivity contribution is 7.99. The fraction of sp³-hybridized carbons (Fsp3) is 0.500. The molecule has 98 valence electrons. The Labute approximate surface area is 113 Å². The first-order valence-corrected chi connectivity index (χ1v) is 7.54. The number of thioether (sulfide) groups is 1. The number of aryl methyl sites for hydroxylation is 1. The molecule has 3 nitrogen and oxygen atoms in total. The number of carbonyl (C=O) groups excluding carboxylic acids is 1. The van der Waals surface area contributed by atoms with Gasteiger partial charge in [0, 0.05) is 22.7 Å². The lowest BCUT2D eigenvalue weighted by Crippen LogP contribution is -2.19. The SMILES string of the molecule is CCCCCSc1cc2c(cc1N)CCC(=O)N2. The molecule has 0 fully saturated rings. The molecule has 1 aromatic rings. The molecule has 0 unspecified atom stereocenters. The fourth-order valence-electron chi connectivity index (χ4n) is 2.09. The zero-order chi connectivity index (χ0) is 13.0. The van der Waals surface area contributed by atoms with Gasteiger partial charge in [0.25, 0.3) is 0 Å². The van der Waals surface area contributed by atoms with Gasteiger partial charge in [-0.25, -0.2) is 0 Å². The van der Waals surface area contributed by atoms with Crippen LogP contribution in [0.1, 0.15) is 38.2 Å². The van der Waals surface area contributed by atoms with Crippen LogP contribution in [0.3, 0.4) is 0 Å². The van der Waals surface area contributed by atoms with Gasteiger partial charge in [-0.1, -0.05) is 19.8 Å². The Hall–Kier alpha value is -1.16. The lowest BCUT2D eigenvalue weighted by atomic mass is 10.0. The van der Waals surface area contributed by atoms with E-state index < -0.39 is 0 Å². The van der Waals surface area contributed by atoms with Gasteiger partial charge in [0.1, 0.15) is 0 Å². The molecular formula is C14H20N2OS. The third-order valence-corrected chi connectivity index (χ3v) is 4.29. The maximum atomic E-state index is 11.4. The molecule has 1 amide bonds. The second-order valence-electron chi connectivity index (χ2n) is 4.65. The molecule has 0 bridgehead atoms. The van der Waals surface area contributed by atoms with Crippen molar-refractivity contribution in [2.75, 3.05) is 16.8 Å². The van der Waals surface area contributed by atoms with E-state index in [0.29, 0.717) is 6.42 Å². The number of amides is 1. The summed E-state index contributed by atoms with van der Waals surface area (Å²) < 4.78 is 0. The summed E-state index contributed by atoms with van der Waals surface area (Å²) in [6.45, 7) is 2.20. The number of unbranched alkanes of at least 4 members (excludes halogenated alkanes) is 2. The Morgan fingerprint density at radius 1 is 1.33 bits per heavy atom. The lowest BCUT2D eigenvalue weighted by Gasteiger charge is -2.19. The normalized spacial score (nSPS) is 14.2. The quantitative estimate of drug-likeness (QED) is 0.486. The van der Waals surface area contributed by atoms with Gasteiger partial charge in [-0.15, -0.1) is 11.8 Å². The minimum absolute atomic E-state index is 0.106. The number of rotatable bonds is 5. The largest absolute Gasteiger partial charge is 0.398 e. The number of carbonyl (C=O) groups is 1. The number of hydrogen-bond acceptors (Lipinski definition) is 3. The first-order chi connectivity index (χ1) is 8.70. The first kappa shape index (κ1) is 13.3. The van der Waals surface area contributed by atoms with Crippen molar-refractivity contribution >= 4 is 29.0 Å². The molecule has 0 saturated carbocycles. The molecule has 1 aliphatic heterocycles. The van der Waals surface area contributed by atoms with Crippen molar-refractivity contribution in [3.05, 3.63) is 17.7 Å². The van der Waals surface area contributed by atoms with E-state index in [1.807, 2.05) is 12.1 Å². The van der Waals surface area contributed by atoms with Crippen LogP contribution >= 0.6 is 11.8 Å². The van der Waals surface area contributed by atoms with E-state index in [2.05, 4.69) is 12.2 Å². The van der Waals surface area contributed by atoms with Crippen LogP contribution in [0.5, 0.6) is 0 Å².